The molecule has 0 saturated heterocycles. The standard InChI is InChI=1S/C15H17ClN2O/c16-12-6-4-5-11(9-12)14(10-17)15(19)18-13-7-2-1-3-8-13/h4-6,9,13-14H,1-3,7-8H2,(H,18,19). The number of amides is 1. The summed E-state index contributed by atoms with van der Waals surface area (Å²) in [5.74, 6) is -0.989. The summed E-state index contributed by atoms with van der Waals surface area (Å²) in [6, 6.07) is 9.22. The first-order chi connectivity index (χ1) is 9.20. The first-order valence-electron chi connectivity index (χ1n) is 6.66. The SMILES string of the molecule is N#CC(C(=O)NC1CCCCC1)c1cccc(Cl)c1. The summed E-state index contributed by atoms with van der Waals surface area (Å²) in [5, 5.41) is 12.7. The molecule has 1 fully saturated rings. The molecule has 19 heavy (non-hydrogen) atoms. The number of halogens is 1. The molecule has 1 unspecified atom stereocenters. The van der Waals surface area contributed by atoms with Gasteiger partial charge in [-0.25, -0.2) is 0 Å². The topological polar surface area (TPSA) is 52.9 Å². The van der Waals surface area contributed by atoms with Gasteiger partial charge in [-0.1, -0.05) is 43.0 Å². The molecular formula is C15H17ClN2O. The zero-order valence-corrected chi connectivity index (χ0v) is 11.5. The van der Waals surface area contributed by atoms with Gasteiger partial charge in [-0.3, -0.25) is 4.79 Å². The Hall–Kier alpha value is -1.53. The van der Waals surface area contributed by atoms with E-state index in [1.54, 1.807) is 24.3 Å². The smallest absolute Gasteiger partial charge is 0.242 e. The van der Waals surface area contributed by atoms with Crippen LogP contribution in [0.2, 0.25) is 5.02 Å². The van der Waals surface area contributed by atoms with Gasteiger partial charge in [-0.15, -0.1) is 0 Å². The zero-order chi connectivity index (χ0) is 13.7. The van der Waals surface area contributed by atoms with Crippen LogP contribution in [0.3, 0.4) is 0 Å². The molecule has 0 radical (unpaired) electrons. The van der Waals surface area contributed by atoms with Gasteiger partial charge >= 0.3 is 0 Å². The predicted molar refractivity (Wildman–Crippen MR) is 74.8 cm³/mol. The van der Waals surface area contributed by atoms with Crippen molar-refractivity contribution in [2.45, 2.75) is 44.1 Å². The van der Waals surface area contributed by atoms with E-state index in [0.29, 0.717) is 10.6 Å². The molecule has 1 amide bonds. The lowest BCUT2D eigenvalue weighted by Crippen LogP contribution is -2.38. The number of benzene rings is 1. The highest BCUT2D eigenvalue weighted by Gasteiger charge is 2.23. The van der Waals surface area contributed by atoms with Gasteiger partial charge < -0.3 is 5.32 Å². The Morgan fingerprint density at radius 1 is 1.37 bits per heavy atom. The molecule has 0 bridgehead atoms. The lowest BCUT2D eigenvalue weighted by molar-refractivity contribution is -0.122. The van der Waals surface area contributed by atoms with E-state index in [1.807, 2.05) is 0 Å². The van der Waals surface area contributed by atoms with Crippen molar-refractivity contribution in [2.24, 2.45) is 0 Å². The van der Waals surface area contributed by atoms with Crippen LogP contribution in [0, 0.1) is 11.3 Å². The Morgan fingerprint density at radius 2 is 2.11 bits per heavy atom. The van der Waals surface area contributed by atoms with Gasteiger partial charge in [-0.05, 0) is 30.5 Å². The van der Waals surface area contributed by atoms with Crippen molar-refractivity contribution in [3.8, 4) is 6.07 Å². The van der Waals surface area contributed by atoms with Crippen LogP contribution in [0.1, 0.15) is 43.6 Å². The fraction of sp³-hybridized carbons (Fsp3) is 0.467. The number of hydrogen-bond donors (Lipinski definition) is 1. The van der Waals surface area contributed by atoms with Crippen LogP contribution in [0.25, 0.3) is 0 Å². The van der Waals surface area contributed by atoms with Crippen LogP contribution in [-0.2, 0) is 4.79 Å². The molecular weight excluding hydrogens is 260 g/mol. The summed E-state index contributed by atoms with van der Waals surface area (Å²) in [5.41, 5.74) is 0.656. The molecule has 1 atom stereocenters. The Kier molecular flexibility index (Phi) is 4.81. The van der Waals surface area contributed by atoms with Crippen LogP contribution in [0.4, 0.5) is 0 Å². The Bertz CT molecular complexity index is 489. The minimum Gasteiger partial charge on any atom is -0.352 e. The number of hydrogen-bond acceptors (Lipinski definition) is 2. The van der Waals surface area contributed by atoms with Gasteiger partial charge in [-0.2, -0.15) is 5.26 Å². The largest absolute Gasteiger partial charge is 0.352 e. The first kappa shape index (κ1) is 13.9. The molecule has 0 heterocycles. The lowest BCUT2D eigenvalue weighted by atomic mass is 9.94. The maximum absolute atomic E-state index is 12.2. The fourth-order valence-electron chi connectivity index (χ4n) is 2.50. The summed E-state index contributed by atoms with van der Waals surface area (Å²) < 4.78 is 0. The summed E-state index contributed by atoms with van der Waals surface area (Å²) in [7, 11) is 0. The summed E-state index contributed by atoms with van der Waals surface area (Å²) in [4.78, 5) is 12.2. The van der Waals surface area contributed by atoms with Gasteiger partial charge in [0, 0.05) is 11.1 Å². The third-order valence-electron chi connectivity index (χ3n) is 3.52. The van der Waals surface area contributed by atoms with Crippen molar-refractivity contribution in [1.29, 1.82) is 5.26 Å². The number of carbonyl (C=O) groups is 1. The van der Waals surface area contributed by atoms with Crippen LogP contribution >= 0.6 is 11.6 Å². The predicted octanol–water partition coefficient (Wildman–Crippen LogP) is 3.40. The second kappa shape index (κ2) is 6.58. The molecule has 1 aromatic rings. The van der Waals surface area contributed by atoms with Crippen molar-refractivity contribution in [3.05, 3.63) is 34.9 Å². The number of rotatable bonds is 3. The number of carbonyl (C=O) groups excluding carboxylic acids is 1. The maximum Gasteiger partial charge on any atom is 0.242 e. The van der Waals surface area contributed by atoms with Gasteiger partial charge in [0.1, 0.15) is 5.92 Å². The van der Waals surface area contributed by atoms with Crippen LogP contribution < -0.4 is 5.32 Å². The highest BCUT2D eigenvalue weighted by Crippen LogP contribution is 2.22. The molecule has 1 aliphatic carbocycles. The van der Waals surface area contributed by atoms with Gasteiger partial charge in [0.15, 0.2) is 0 Å². The summed E-state index contributed by atoms with van der Waals surface area (Å²) in [6.07, 6.45) is 5.57. The van der Waals surface area contributed by atoms with E-state index < -0.39 is 5.92 Å². The molecule has 0 aliphatic heterocycles. The van der Waals surface area contributed by atoms with Crippen LogP contribution in [-0.4, -0.2) is 11.9 Å². The molecule has 1 aliphatic rings. The van der Waals surface area contributed by atoms with E-state index in [4.69, 9.17) is 11.6 Å². The van der Waals surface area contributed by atoms with E-state index in [9.17, 15) is 10.1 Å². The molecule has 100 valence electrons. The Labute approximate surface area is 118 Å². The van der Waals surface area contributed by atoms with Crippen LogP contribution in [0.5, 0.6) is 0 Å². The molecule has 1 N–H and O–H groups in total. The molecule has 0 aromatic heterocycles. The van der Waals surface area contributed by atoms with Crippen molar-refractivity contribution in [1.82, 2.24) is 5.32 Å². The van der Waals surface area contributed by atoms with E-state index in [0.717, 1.165) is 25.7 Å². The van der Waals surface area contributed by atoms with Gasteiger partial charge in [0.25, 0.3) is 0 Å². The second-order valence-electron chi connectivity index (χ2n) is 4.96. The van der Waals surface area contributed by atoms with Crippen molar-refractivity contribution in [3.63, 3.8) is 0 Å². The summed E-state index contributed by atoms with van der Waals surface area (Å²) >= 11 is 5.90. The van der Waals surface area contributed by atoms with Crippen molar-refractivity contribution >= 4 is 17.5 Å². The van der Waals surface area contributed by atoms with Crippen molar-refractivity contribution in [2.75, 3.05) is 0 Å². The highest BCUT2D eigenvalue weighted by molar-refractivity contribution is 6.30. The molecule has 4 heteroatoms. The third-order valence-corrected chi connectivity index (χ3v) is 3.76. The van der Waals surface area contributed by atoms with E-state index in [1.165, 1.54) is 6.42 Å². The van der Waals surface area contributed by atoms with Crippen LogP contribution in [0.15, 0.2) is 24.3 Å². The van der Waals surface area contributed by atoms with E-state index in [2.05, 4.69) is 11.4 Å². The Balaban J connectivity index is 2.05. The zero-order valence-electron chi connectivity index (χ0n) is 10.7. The van der Waals surface area contributed by atoms with E-state index in [-0.39, 0.29) is 11.9 Å². The highest BCUT2D eigenvalue weighted by atomic mass is 35.5. The van der Waals surface area contributed by atoms with Crippen molar-refractivity contribution < 1.29 is 4.79 Å². The maximum atomic E-state index is 12.2. The average molecular weight is 277 g/mol. The minimum atomic E-state index is -0.777. The molecule has 1 saturated carbocycles. The summed E-state index contributed by atoms with van der Waals surface area (Å²) in [6.45, 7) is 0. The minimum absolute atomic E-state index is 0.211. The number of nitrogens with one attached hydrogen (secondary N) is 1. The molecule has 2 rings (SSSR count). The molecule has 0 spiro atoms. The second-order valence-corrected chi connectivity index (χ2v) is 5.40. The van der Waals surface area contributed by atoms with Gasteiger partial charge in [0.2, 0.25) is 5.91 Å². The van der Waals surface area contributed by atoms with E-state index >= 15 is 0 Å². The average Bonchev–Trinajstić information content (AvgIpc) is 2.41. The van der Waals surface area contributed by atoms with Gasteiger partial charge in [0.05, 0.1) is 6.07 Å². The lowest BCUT2D eigenvalue weighted by Gasteiger charge is -2.24. The molecule has 1 aromatic carbocycles. The fourth-order valence-corrected chi connectivity index (χ4v) is 2.70. The monoisotopic (exact) mass is 276 g/mol. The quantitative estimate of drug-likeness (QED) is 0.920. The number of nitriles is 1. The molecule has 3 nitrogen and oxygen atoms in total. The first-order valence-corrected chi connectivity index (χ1v) is 7.04. The number of nitrogens with zero attached hydrogens (tertiary/aromatic N) is 1. The third kappa shape index (κ3) is 3.71. The Morgan fingerprint density at radius 3 is 2.74 bits per heavy atom. The normalized spacial score (nSPS) is 17.5.